The molecule has 1 unspecified atom stereocenters. The van der Waals surface area contributed by atoms with Crippen molar-refractivity contribution in [3.05, 3.63) is 29.6 Å². The number of nitrogens with one attached hydrogen (secondary N) is 1. The summed E-state index contributed by atoms with van der Waals surface area (Å²) in [6.07, 6.45) is 1.08. The monoisotopic (exact) mass is 271 g/mol. The van der Waals surface area contributed by atoms with Crippen molar-refractivity contribution in [2.24, 2.45) is 0 Å². The third kappa shape index (κ3) is 4.96. The van der Waals surface area contributed by atoms with E-state index in [1.807, 2.05) is 12.1 Å². The predicted molar refractivity (Wildman–Crippen MR) is 75.7 cm³/mol. The van der Waals surface area contributed by atoms with Crippen molar-refractivity contribution in [3.8, 4) is 0 Å². The Morgan fingerprint density at radius 1 is 1.44 bits per heavy atom. The average Bonchev–Trinajstić information content (AvgIpc) is 2.38. The van der Waals surface area contributed by atoms with Crippen LogP contribution in [0.25, 0.3) is 0 Å². The van der Waals surface area contributed by atoms with Gasteiger partial charge in [0.25, 0.3) is 0 Å². The Kier molecular flexibility index (Phi) is 7.32. The molecule has 0 saturated heterocycles. The molecule has 0 spiro atoms. The quantitative estimate of drug-likeness (QED) is 0.576. The molecule has 0 aliphatic carbocycles. The number of hydrogen-bond donors (Lipinski definition) is 1. The summed E-state index contributed by atoms with van der Waals surface area (Å²) in [6, 6.07) is 5.67. The minimum absolute atomic E-state index is 0.140. The molecule has 1 N–H and O–H groups in total. The Balaban J connectivity index is 2.60. The number of benzene rings is 1. The molecule has 0 aliphatic heterocycles. The first-order chi connectivity index (χ1) is 8.69. The molecule has 1 rings (SSSR count). The Labute approximate surface area is 113 Å². The lowest BCUT2D eigenvalue weighted by Crippen LogP contribution is -2.19. The summed E-state index contributed by atoms with van der Waals surface area (Å²) in [7, 11) is 1.65. The van der Waals surface area contributed by atoms with E-state index < -0.39 is 0 Å². The van der Waals surface area contributed by atoms with Crippen LogP contribution in [0.3, 0.4) is 0 Å². The van der Waals surface area contributed by atoms with Gasteiger partial charge < -0.3 is 10.1 Å². The molecule has 0 aromatic heterocycles. The van der Waals surface area contributed by atoms with E-state index in [9.17, 15) is 4.39 Å². The predicted octanol–water partition coefficient (Wildman–Crippen LogP) is 3.62. The molecule has 1 aromatic carbocycles. The van der Waals surface area contributed by atoms with Crippen molar-refractivity contribution >= 4 is 11.8 Å². The van der Waals surface area contributed by atoms with Crippen molar-refractivity contribution in [3.63, 3.8) is 0 Å². The molecular weight excluding hydrogens is 249 g/mol. The van der Waals surface area contributed by atoms with Crippen molar-refractivity contribution in [2.75, 3.05) is 26.0 Å². The highest BCUT2D eigenvalue weighted by atomic mass is 32.2. The molecule has 1 atom stereocenters. The zero-order chi connectivity index (χ0) is 13.4. The second-order valence-corrected chi connectivity index (χ2v) is 5.34. The van der Waals surface area contributed by atoms with Crippen LogP contribution in [0, 0.1) is 5.82 Å². The van der Waals surface area contributed by atoms with E-state index in [0.717, 1.165) is 24.3 Å². The zero-order valence-corrected chi connectivity index (χ0v) is 12.1. The van der Waals surface area contributed by atoms with Crippen molar-refractivity contribution in [2.45, 2.75) is 31.2 Å². The van der Waals surface area contributed by atoms with Crippen LogP contribution < -0.4 is 5.32 Å². The van der Waals surface area contributed by atoms with Gasteiger partial charge in [0.2, 0.25) is 0 Å². The van der Waals surface area contributed by atoms with E-state index in [1.54, 1.807) is 13.2 Å². The van der Waals surface area contributed by atoms with E-state index in [2.05, 4.69) is 19.2 Å². The lowest BCUT2D eigenvalue weighted by atomic mass is 10.1. The van der Waals surface area contributed by atoms with Gasteiger partial charge >= 0.3 is 0 Å². The maximum absolute atomic E-state index is 13.9. The first kappa shape index (κ1) is 15.5. The first-order valence-electron chi connectivity index (χ1n) is 6.33. The summed E-state index contributed by atoms with van der Waals surface area (Å²) >= 11 is 1.49. The smallest absolute Gasteiger partial charge is 0.137 e. The highest BCUT2D eigenvalue weighted by molar-refractivity contribution is 7.99. The van der Waals surface area contributed by atoms with Crippen LogP contribution in [0.15, 0.2) is 23.1 Å². The molecule has 2 nitrogen and oxygen atoms in total. The number of thioether (sulfide) groups is 1. The lowest BCUT2D eigenvalue weighted by molar-refractivity contribution is 0.218. The minimum Gasteiger partial charge on any atom is -0.384 e. The largest absolute Gasteiger partial charge is 0.384 e. The van der Waals surface area contributed by atoms with Crippen LogP contribution in [0.1, 0.15) is 31.9 Å². The summed E-state index contributed by atoms with van der Waals surface area (Å²) in [6.45, 7) is 5.77. The highest BCUT2D eigenvalue weighted by Gasteiger charge is 2.08. The normalized spacial score (nSPS) is 12.7. The molecule has 0 fully saturated rings. The molecule has 102 valence electrons. The maximum atomic E-state index is 13.9. The van der Waals surface area contributed by atoms with E-state index in [0.29, 0.717) is 11.5 Å². The molecule has 0 radical (unpaired) electrons. The summed E-state index contributed by atoms with van der Waals surface area (Å²) < 4.78 is 18.8. The van der Waals surface area contributed by atoms with Gasteiger partial charge in [-0.25, -0.2) is 4.39 Å². The molecule has 0 bridgehead atoms. The molecular formula is C14H22FNOS. The standard InChI is InChI=1S/C14H22FNOS/c1-4-7-16-11(2)12-5-6-14(13(15)10-12)18-9-8-17-3/h5-6,10-11,16H,4,7-9H2,1-3H3. The molecule has 1 aromatic rings. The van der Waals surface area contributed by atoms with Crippen LogP contribution in [-0.4, -0.2) is 26.0 Å². The fourth-order valence-corrected chi connectivity index (χ4v) is 2.45. The van der Waals surface area contributed by atoms with Gasteiger partial charge in [-0.15, -0.1) is 11.8 Å². The minimum atomic E-state index is -0.140. The average molecular weight is 271 g/mol. The topological polar surface area (TPSA) is 21.3 Å². The first-order valence-corrected chi connectivity index (χ1v) is 7.32. The van der Waals surface area contributed by atoms with Crippen LogP contribution >= 0.6 is 11.8 Å². The number of hydrogen-bond acceptors (Lipinski definition) is 3. The maximum Gasteiger partial charge on any atom is 0.137 e. The number of rotatable bonds is 8. The third-order valence-corrected chi connectivity index (χ3v) is 3.71. The Bertz CT molecular complexity index is 360. The molecule has 0 heterocycles. The van der Waals surface area contributed by atoms with Crippen molar-refractivity contribution in [1.82, 2.24) is 5.32 Å². The van der Waals surface area contributed by atoms with E-state index in [1.165, 1.54) is 11.8 Å². The Morgan fingerprint density at radius 2 is 2.22 bits per heavy atom. The van der Waals surface area contributed by atoms with Gasteiger partial charge in [-0.2, -0.15) is 0 Å². The fourth-order valence-electron chi connectivity index (χ4n) is 1.62. The highest BCUT2D eigenvalue weighted by Crippen LogP contribution is 2.24. The molecule has 0 amide bonds. The van der Waals surface area contributed by atoms with Gasteiger partial charge in [0.15, 0.2) is 0 Å². The molecule has 18 heavy (non-hydrogen) atoms. The summed E-state index contributed by atoms with van der Waals surface area (Å²) in [4.78, 5) is 0.693. The van der Waals surface area contributed by atoms with Gasteiger partial charge in [-0.1, -0.05) is 13.0 Å². The van der Waals surface area contributed by atoms with Crippen LogP contribution in [0.5, 0.6) is 0 Å². The summed E-state index contributed by atoms with van der Waals surface area (Å²) in [5.41, 5.74) is 0.997. The van der Waals surface area contributed by atoms with Gasteiger partial charge in [0.1, 0.15) is 5.82 Å². The van der Waals surface area contributed by atoms with Gasteiger partial charge in [0, 0.05) is 23.8 Å². The number of halogens is 1. The lowest BCUT2D eigenvalue weighted by Gasteiger charge is -2.14. The van der Waals surface area contributed by atoms with Gasteiger partial charge in [-0.05, 0) is 37.6 Å². The van der Waals surface area contributed by atoms with Crippen LogP contribution in [0.4, 0.5) is 4.39 Å². The number of ether oxygens (including phenoxy) is 1. The molecule has 0 aliphatic rings. The second-order valence-electron chi connectivity index (χ2n) is 4.21. The van der Waals surface area contributed by atoms with E-state index in [4.69, 9.17) is 4.74 Å². The SMILES string of the molecule is CCCNC(C)c1ccc(SCCOC)c(F)c1. The number of methoxy groups -OCH3 is 1. The summed E-state index contributed by atoms with van der Waals surface area (Å²) in [5.74, 6) is 0.634. The van der Waals surface area contributed by atoms with Crippen LogP contribution in [-0.2, 0) is 4.74 Å². The van der Waals surface area contributed by atoms with Gasteiger partial charge in [0.05, 0.1) is 6.61 Å². The summed E-state index contributed by atoms with van der Waals surface area (Å²) in [5, 5.41) is 3.35. The third-order valence-electron chi connectivity index (χ3n) is 2.70. The molecule has 4 heteroatoms. The Morgan fingerprint density at radius 3 is 2.83 bits per heavy atom. The molecule has 0 saturated carbocycles. The van der Waals surface area contributed by atoms with Crippen LogP contribution in [0.2, 0.25) is 0 Å². The second kappa shape index (κ2) is 8.51. The van der Waals surface area contributed by atoms with E-state index >= 15 is 0 Å². The van der Waals surface area contributed by atoms with Crippen molar-refractivity contribution < 1.29 is 9.13 Å². The fraction of sp³-hybridized carbons (Fsp3) is 0.571. The van der Waals surface area contributed by atoms with E-state index in [-0.39, 0.29) is 11.9 Å². The Hall–Kier alpha value is -0.580. The van der Waals surface area contributed by atoms with Crippen molar-refractivity contribution in [1.29, 1.82) is 0 Å². The zero-order valence-electron chi connectivity index (χ0n) is 11.3. The van der Waals surface area contributed by atoms with Gasteiger partial charge in [-0.3, -0.25) is 0 Å².